The molecule has 8 nitrogen and oxygen atoms in total. The number of carbonyl (C=O) groups is 1. The first kappa shape index (κ1) is 21.0. The summed E-state index contributed by atoms with van der Waals surface area (Å²) in [5.74, 6) is 2.74. The molecule has 2 N–H and O–H groups in total. The topological polar surface area (TPSA) is 103 Å². The number of hydrogen-bond donors (Lipinski definition) is 1. The molecule has 4 rings (SSSR count). The maximum atomic E-state index is 12.3. The molecule has 0 bridgehead atoms. The van der Waals surface area contributed by atoms with Crippen molar-refractivity contribution in [3.63, 3.8) is 0 Å². The molecule has 0 spiro atoms. The summed E-state index contributed by atoms with van der Waals surface area (Å²) < 4.78 is 5.43. The van der Waals surface area contributed by atoms with Crippen molar-refractivity contribution in [2.75, 3.05) is 55.8 Å². The predicted molar refractivity (Wildman–Crippen MR) is 118 cm³/mol. The molecule has 0 unspecified atom stereocenters. The highest BCUT2D eigenvalue weighted by Gasteiger charge is 2.24. The summed E-state index contributed by atoms with van der Waals surface area (Å²) in [4.78, 5) is 18.8. The lowest BCUT2D eigenvalue weighted by Gasteiger charge is -2.34. The van der Waals surface area contributed by atoms with E-state index in [9.17, 15) is 4.79 Å². The number of nitrogens with zero attached hydrogens (tertiary/aromatic N) is 5. The normalized spacial score (nSPS) is 18.7. The van der Waals surface area contributed by atoms with Crippen molar-refractivity contribution in [3.8, 4) is 6.07 Å². The summed E-state index contributed by atoms with van der Waals surface area (Å²) in [6, 6.07) is 7.21. The van der Waals surface area contributed by atoms with Crippen LogP contribution in [0.3, 0.4) is 0 Å². The number of rotatable bonds is 7. The number of aromatic nitrogens is 1. The molecule has 9 heteroatoms. The third-order valence-corrected chi connectivity index (χ3v) is 6.84. The zero-order valence-electron chi connectivity index (χ0n) is 17.1. The summed E-state index contributed by atoms with van der Waals surface area (Å²) in [5.41, 5.74) is 7.43. The lowest BCUT2D eigenvalue weighted by molar-refractivity contribution is -0.131. The number of nitriles is 1. The number of nitrogens with two attached hydrogens (primary N) is 1. The van der Waals surface area contributed by atoms with Crippen LogP contribution in [0.25, 0.3) is 11.0 Å². The van der Waals surface area contributed by atoms with E-state index in [0.29, 0.717) is 11.1 Å². The van der Waals surface area contributed by atoms with Gasteiger partial charge in [0.15, 0.2) is 11.4 Å². The van der Waals surface area contributed by atoms with Crippen LogP contribution in [0.4, 0.5) is 5.82 Å². The molecule has 1 amide bonds. The van der Waals surface area contributed by atoms with E-state index in [1.807, 2.05) is 11.0 Å². The summed E-state index contributed by atoms with van der Waals surface area (Å²) in [5, 5.41) is 14.3. The second-order valence-corrected chi connectivity index (χ2v) is 8.97. The largest absolute Gasteiger partial charge is 0.354 e. The number of fused-ring (bicyclic) bond motifs is 1. The molecular weight excluding hydrogens is 400 g/mol. The van der Waals surface area contributed by atoms with Gasteiger partial charge in [-0.3, -0.25) is 9.69 Å². The van der Waals surface area contributed by atoms with E-state index in [1.54, 1.807) is 23.9 Å². The quantitative estimate of drug-likeness (QED) is 0.667. The minimum absolute atomic E-state index is 0.105. The average Bonchev–Trinajstić information content (AvgIpc) is 3.46. The molecule has 0 radical (unpaired) electrons. The van der Waals surface area contributed by atoms with Crippen molar-refractivity contribution in [1.29, 1.82) is 5.26 Å². The van der Waals surface area contributed by atoms with Gasteiger partial charge in [-0.15, -0.1) is 11.8 Å². The van der Waals surface area contributed by atoms with Crippen molar-refractivity contribution in [2.24, 2.45) is 5.73 Å². The Morgan fingerprint density at radius 2 is 2.10 bits per heavy atom. The molecule has 0 saturated carbocycles. The molecule has 2 aromatic rings. The van der Waals surface area contributed by atoms with Crippen LogP contribution >= 0.6 is 11.8 Å². The maximum absolute atomic E-state index is 12.3. The SMILES string of the molecule is N#Cc1ccc2onc(N3CCN(CCCC[C@H](N)C(=O)N4CCSC4)CC3)c2c1. The first-order chi connectivity index (χ1) is 14.7. The molecule has 1 atom stereocenters. The fourth-order valence-electron chi connectivity index (χ4n) is 4.05. The molecule has 3 heterocycles. The molecular formula is C21H28N6O2S. The highest BCUT2D eigenvalue weighted by atomic mass is 32.2. The summed E-state index contributed by atoms with van der Waals surface area (Å²) in [6.45, 7) is 5.53. The van der Waals surface area contributed by atoms with Crippen molar-refractivity contribution in [2.45, 2.75) is 25.3 Å². The average molecular weight is 429 g/mol. The number of unbranched alkanes of at least 4 members (excludes halogenated alkanes) is 1. The summed E-state index contributed by atoms with van der Waals surface area (Å²) in [7, 11) is 0. The number of hydrogen-bond acceptors (Lipinski definition) is 8. The smallest absolute Gasteiger partial charge is 0.240 e. The van der Waals surface area contributed by atoms with Crippen LogP contribution in [-0.2, 0) is 4.79 Å². The van der Waals surface area contributed by atoms with Crippen LogP contribution in [0, 0.1) is 11.3 Å². The summed E-state index contributed by atoms with van der Waals surface area (Å²) >= 11 is 1.79. The number of carbonyl (C=O) groups excluding carboxylic acids is 1. The first-order valence-electron chi connectivity index (χ1n) is 10.5. The number of anilines is 1. The van der Waals surface area contributed by atoms with E-state index < -0.39 is 0 Å². The van der Waals surface area contributed by atoms with Gasteiger partial charge in [-0.1, -0.05) is 11.6 Å². The van der Waals surface area contributed by atoms with Gasteiger partial charge < -0.3 is 20.1 Å². The lowest BCUT2D eigenvalue weighted by Crippen LogP contribution is -2.47. The van der Waals surface area contributed by atoms with Gasteiger partial charge in [0.05, 0.1) is 28.9 Å². The van der Waals surface area contributed by atoms with Crippen molar-refractivity contribution in [1.82, 2.24) is 15.0 Å². The predicted octanol–water partition coefficient (Wildman–Crippen LogP) is 1.85. The van der Waals surface area contributed by atoms with E-state index in [1.165, 1.54) is 0 Å². The minimum Gasteiger partial charge on any atom is -0.354 e. The fourth-order valence-corrected chi connectivity index (χ4v) is 5.01. The zero-order valence-corrected chi connectivity index (χ0v) is 17.9. The Morgan fingerprint density at radius 1 is 1.27 bits per heavy atom. The number of benzene rings is 1. The maximum Gasteiger partial charge on any atom is 0.240 e. The Bertz CT molecular complexity index is 912. The van der Waals surface area contributed by atoms with Gasteiger partial charge >= 0.3 is 0 Å². The van der Waals surface area contributed by atoms with Gasteiger partial charge in [-0.2, -0.15) is 5.26 Å². The van der Waals surface area contributed by atoms with Crippen molar-refractivity contribution in [3.05, 3.63) is 23.8 Å². The fraction of sp³-hybridized carbons (Fsp3) is 0.571. The van der Waals surface area contributed by atoms with Gasteiger partial charge in [-0.25, -0.2) is 0 Å². The Balaban J connectivity index is 1.20. The highest BCUT2D eigenvalue weighted by molar-refractivity contribution is 7.99. The number of amides is 1. The van der Waals surface area contributed by atoms with Gasteiger partial charge in [-0.05, 0) is 37.6 Å². The molecule has 2 saturated heterocycles. The van der Waals surface area contributed by atoms with Crippen LogP contribution in [0.1, 0.15) is 24.8 Å². The molecule has 2 aliphatic rings. The van der Waals surface area contributed by atoms with E-state index >= 15 is 0 Å². The van der Waals surface area contributed by atoms with E-state index in [4.69, 9.17) is 15.5 Å². The molecule has 1 aromatic heterocycles. The second-order valence-electron chi connectivity index (χ2n) is 7.90. The highest BCUT2D eigenvalue weighted by Crippen LogP contribution is 2.27. The lowest BCUT2D eigenvalue weighted by atomic mass is 10.1. The Kier molecular flexibility index (Phi) is 6.77. The van der Waals surface area contributed by atoms with Crippen LogP contribution < -0.4 is 10.6 Å². The van der Waals surface area contributed by atoms with E-state index in [-0.39, 0.29) is 11.9 Å². The van der Waals surface area contributed by atoms with Crippen LogP contribution in [0.15, 0.2) is 22.7 Å². The number of piperazine rings is 1. The molecule has 0 aliphatic carbocycles. The Labute approximate surface area is 180 Å². The van der Waals surface area contributed by atoms with Crippen molar-refractivity contribution >= 4 is 34.5 Å². The van der Waals surface area contributed by atoms with Crippen LogP contribution in [0.5, 0.6) is 0 Å². The standard InChI is InChI=1S/C21H28N6O2S/c22-14-16-4-5-19-17(13-16)20(24-29-19)26-9-7-25(8-10-26)6-2-1-3-18(23)21(28)27-11-12-30-15-27/h4-5,13,18H,1-3,6-12,15,23H2/t18-/m0/s1. The zero-order chi connectivity index (χ0) is 20.9. The third kappa shape index (κ3) is 4.72. The minimum atomic E-state index is -0.362. The van der Waals surface area contributed by atoms with E-state index in [0.717, 1.165) is 81.4 Å². The van der Waals surface area contributed by atoms with Crippen molar-refractivity contribution < 1.29 is 9.32 Å². The monoisotopic (exact) mass is 428 g/mol. The van der Waals surface area contributed by atoms with E-state index in [2.05, 4.69) is 21.0 Å². The number of thioether (sulfide) groups is 1. The Morgan fingerprint density at radius 3 is 2.83 bits per heavy atom. The molecule has 2 aliphatic heterocycles. The molecule has 1 aromatic carbocycles. The molecule has 160 valence electrons. The third-order valence-electron chi connectivity index (χ3n) is 5.87. The second kappa shape index (κ2) is 9.69. The van der Waals surface area contributed by atoms with Crippen LogP contribution in [-0.4, -0.2) is 77.8 Å². The van der Waals surface area contributed by atoms with Gasteiger partial charge in [0.25, 0.3) is 0 Å². The van der Waals surface area contributed by atoms with Crippen LogP contribution in [0.2, 0.25) is 0 Å². The summed E-state index contributed by atoms with van der Waals surface area (Å²) in [6.07, 6.45) is 2.78. The van der Waals surface area contributed by atoms with Gasteiger partial charge in [0.1, 0.15) is 0 Å². The van der Waals surface area contributed by atoms with Gasteiger partial charge in [0.2, 0.25) is 5.91 Å². The molecule has 30 heavy (non-hydrogen) atoms. The first-order valence-corrected chi connectivity index (χ1v) is 11.7. The Hall–Kier alpha value is -2.28. The van der Waals surface area contributed by atoms with Gasteiger partial charge in [0, 0.05) is 38.5 Å². The molecule has 2 fully saturated rings.